The fourth-order valence-corrected chi connectivity index (χ4v) is 4.96. The number of anilines is 1. The molecule has 32 heavy (non-hydrogen) atoms. The lowest BCUT2D eigenvalue weighted by Crippen LogP contribution is -2.14. The number of thiazole rings is 1. The number of hydrogen-bond donors (Lipinski definition) is 1. The topological polar surface area (TPSA) is 45.2 Å². The number of allylic oxidation sites excluding steroid dienone is 1. The molecule has 1 amide bonds. The maximum absolute atomic E-state index is 14.0. The molecule has 0 fully saturated rings. The lowest BCUT2D eigenvalue weighted by atomic mass is 9.99. The monoisotopic (exact) mass is 451 g/mol. The van der Waals surface area contributed by atoms with Gasteiger partial charge in [0.2, 0.25) is 0 Å². The first kappa shape index (κ1) is 21.9. The molecule has 0 atom stereocenters. The van der Waals surface area contributed by atoms with Gasteiger partial charge in [-0.1, -0.05) is 30.9 Å². The average molecular weight is 452 g/mol. The van der Waals surface area contributed by atoms with E-state index >= 15 is 0 Å². The van der Waals surface area contributed by atoms with Gasteiger partial charge in [-0.05, 0) is 67.3 Å². The molecule has 0 bridgehead atoms. The summed E-state index contributed by atoms with van der Waals surface area (Å²) in [6.45, 7) is 5.82. The van der Waals surface area contributed by atoms with Gasteiger partial charge >= 0.3 is 0 Å². The molecule has 0 unspecified atom stereocenters. The van der Waals surface area contributed by atoms with Gasteiger partial charge in [-0.3, -0.25) is 4.79 Å². The van der Waals surface area contributed by atoms with Crippen molar-refractivity contribution in [3.05, 3.63) is 88.7 Å². The van der Waals surface area contributed by atoms with Crippen molar-refractivity contribution in [2.24, 2.45) is 0 Å². The lowest BCUT2D eigenvalue weighted by Gasteiger charge is -2.19. The average Bonchev–Trinajstić information content (AvgIpc) is 3.14. The minimum atomic E-state index is -0.823. The van der Waals surface area contributed by atoms with Gasteiger partial charge in [-0.15, -0.1) is 11.3 Å². The maximum atomic E-state index is 14.0. The van der Waals surface area contributed by atoms with Crippen LogP contribution in [0.15, 0.2) is 55.3 Å². The molecule has 164 valence electrons. The molecule has 0 spiro atoms. The molecule has 0 aliphatic heterocycles. The van der Waals surface area contributed by atoms with Crippen molar-refractivity contribution < 1.29 is 13.6 Å². The minimum absolute atomic E-state index is 0.186. The molecule has 7 heteroatoms. The summed E-state index contributed by atoms with van der Waals surface area (Å²) in [6, 6.07) is 9.79. The van der Waals surface area contributed by atoms with E-state index in [0.717, 1.165) is 58.8 Å². The van der Waals surface area contributed by atoms with Gasteiger partial charge in [-0.2, -0.15) is 0 Å². The van der Waals surface area contributed by atoms with Crippen LogP contribution in [-0.2, 0) is 12.8 Å². The van der Waals surface area contributed by atoms with Crippen LogP contribution >= 0.6 is 11.3 Å². The number of halogens is 2. The van der Waals surface area contributed by atoms with Crippen LogP contribution in [0.25, 0.3) is 16.1 Å². The van der Waals surface area contributed by atoms with E-state index in [1.165, 1.54) is 23.0 Å². The Labute approximate surface area is 189 Å². The van der Waals surface area contributed by atoms with Crippen molar-refractivity contribution in [3.63, 3.8) is 0 Å². The summed E-state index contributed by atoms with van der Waals surface area (Å²) in [5, 5.41) is 2.52. The molecule has 1 aliphatic carbocycles. The second-order valence-electron chi connectivity index (χ2n) is 7.54. The highest BCUT2D eigenvalue weighted by atomic mass is 32.1. The zero-order valence-corrected chi connectivity index (χ0v) is 18.7. The van der Waals surface area contributed by atoms with Crippen molar-refractivity contribution in [2.45, 2.75) is 26.2 Å². The number of fused-ring (bicyclic) bond motifs is 3. The molecule has 1 aromatic heterocycles. The third kappa shape index (κ3) is 4.08. The Morgan fingerprint density at radius 1 is 1.22 bits per heavy atom. The normalized spacial score (nSPS) is 13.1. The first-order chi connectivity index (χ1) is 15.4. The number of aryl methyl sites for hydroxylation is 2. The maximum Gasteiger partial charge on any atom is 0.284 e. The van der Waals surface area contributed by atoms with E-state index in [2.05, 4.69) is 35.1 Å². The molecule has 3 aromatic rings. The molecule has 0 saturated heterocycles. The van der Waals surface area contributed by atoms with Crippen molar-refractivity contribution in [2.75, 3.05) is 12.4 Å². The number of nitrogens with one attached hydrogen (secondary N) is 1. The fourth-order valence-electron chi connectivity index (χ4n) is 3.90. The number of hydrogen-bond acceptors (Lipinski definition) is 4. The number of amides is 1. The smallest absolute Gasteiger partial charge is 0.284 e. The molecule has 1 heterocycles. The van der Waals surface area contributed by atoms with Gasteiger partial charge in [0.15, 0.2) is 5.01 Å². The SMILES string of the molecule is C=CN(C)/C(=C\C)c1ccc2c(c1)-c1sc(C(=O)Nc3c(F)cccc3F)nc1CCC2. The van der Waals surface area contributed by atoms with Crippen LogP contribution in [0.2, 0.25) is 0 Å². The Bertz CT molecular complexity index is 1210. The zero-order valence-electron chi connectivity index (χ0n) is 17.9. The third-order valence-electron chi connectivity index (χ3n) is 5.53. The van der Waals surface area contributed by atoms with Gasteiger partial charge in [0, 0.05) is 12.7 Å². The summed E-state index contributed by atoms with van der Waals surface area (Å²) in [4.78, 5) is 20.2. The highest BCUT2D eigenvalue weighted by molar-refractivity contribution is 7.17. The van der Waals surface area contributed by atoms with E-state index < -0.39 is 23.2 Å². The molecule has 1 N–H and O–H groups in total. The van der Waals surface area contributed by atoms with Gasteiger partial charge in [-0.25, -0.2) is 13.8 Å². The Hall–Kier alpha value is -3.32. The van der Waals surface area contributed by atoms with Crippen LogP contribution in [-0.4, -0.2) is 22.8 Å². The molecule has 2 aromatic carbocycles. The second kappa shape index (κ2) is 9.04. The van der Waals surface area contributed by atoms with Crippen LogP contribution in [0.3, 0.4) is 0 Å². The van der Waals surface area contributed by atoms with Crippen molar-refractivity contribution in [1.29, 1.82) is 0 Å². The van der Waals surface area contributed by atoms with Crippen LogP contribution in [0.4, 0.5) is 14.5 Å². The summed E-state index contributed by atoms with van der Waals surface area (Å²) < 4.78 is 27.9. The van der Waals surface area contributed by atoms with E-state index in [1.54, 1.807) is 6.20 Å². The number of carbonyl (C=O) groups is 1. The standard InChI is InChI=1S/C25H23F2N3OS/c1-4-21(30(3)5-2)16-13-12-15-8-6-11-20-23(17(15)14-16)32-25(28-20)24(31)29-22-18(26)9-7-10-19(22)27/h4-5,7,9-10,12-14H,2,6,8,11H2,1,3H3,(H,29,31)/b21-4-. The highest BCUT2D eigenvalue weighted by Gasteiger charge is 2.24. The number of aromatic nitrogens is 1. The number of benzene rings is 2. The predicted octanol–water partition coefficient (Wildman–Crippen LogP) is 6.27. The Balaban J connectivity index is 1.72. The van der Waals surface area contributed by atoms with Gasteiger partial charge in [0.25, 0.3) is 5.91 Å². The molecule has 4 rings (SSSR count). The van der Waals surface area contributed by atoms with Crippen LogP contribution in [0.1, 0.15) is 40.0 Å². The lowest BCUT2D eigenvalue weighted by molar-refractivity contribution is 0.102. The van der Waals surface area contributed by atoms with E-state index in [1.807, 2.05) is 24.9 Å². The van der Waals surface area contributed by atoms with Crippen LogP contribution in [0, 0.1) is 11.6 Å². The second-order valence-corrected chi connectivity index (χ2v) is 8.54. The van der Waals surface area contributed by atoms with Crippen molar-refractivity contribution in [1.82, 2.24) is 9.88 Å². The van der Waals surface area contributed by atoms with Gasteiger partial charge in [0.1, 0.15) is 17.3 Å². The Kier molecular flexibility index (Phi) is 6.19. The molecular formula is C25H23F2N3OS. The highest BCUT2D eigenvalue weighted by Crippen LogP contribution is 2.39. The fraction of sp³-hybridized carbons (Fsp3) is 0.200. The third-order valence-corrected chi connectivity index (χ3v) is 6.66. The van der Waals surface area contributed by atoms with E-state index in [4.69, 9.17) is 0 Å². The van der Waals surface area contributed by atoms with Crippen molar-refractivity contribution >= 4 is 28.6 Å². The number of nitrogens with zero attached hydrogens (tertiary/aromatic N) is 2. The summed E-state index contributed by atoms with van der Waals surface area (Å²) in [6.07, 6.45) is 6.34. The summed E-state index contributed by atoms with van der Waals surface area (Å²) >= 11 is 1.25. The van der Waals surface area contributed by atoms with Gasteiger partial charge < -0.3 is 10.2 Å². The number of carbonyl (C=O) groups excluding carboxylic acids is 1. The quantitative estimate of drug-likeness (QED) is 0.498. The summed E-state index contributed by atoms with van der Waals surface area (Å²) in [5.41, 5.74) is 4.67. The Morgan fingerprint density at radius 3 is 2.66 bits per heavy atom. The summed E-state index contributed by atoms with van der Waals surface area (Å²) in [7, 11) is 1.94. The number of para-hydroxylation sites is 1. The van der Waals surface area contributed by atoms with Crippen LogP contribution in [0.5, 0.6) is 0 Å². The molecule has 0 saturated carbocycles. The molecule has 4 nitrogen and oxygen atoms in total. The molecule has 1 aliphatic rings. The van der Waals surface area contributed by atoms with Crippen molar-refractivity contribution in [3.8, 4) is 10.4 Å². The van der Waals surface area contributed by atoms with E-state index in [9.17, 15) is 13.6 Å². The van der Waals surface area contributed by atoms with E-state index in [-0.39, 0.29) is 5.01 Å². The largest absolute Gasteiger partial charge is 0.351 e. The predicted molar refractivity (Wildman–Crippen MR) is 125 cm³/mol. The molecule has 0 radical (unpaired) electrons. The minimum Gasteiger partial charge on any atom is -0.351 e. The van der Waals surface area contributed by atoms with Gasteiger partial charge in [0.05, 0.1) is 10.6 Å². The molecular weight excluding hydrogens is 428 g/mol. The Morgan fingerprint density at radius 2 is 1.97 bits per heavy atom. The first-order valence-corrected chi connectivity index (χ1v) is 11.1. The van der Waals surface area contributed by atoms with Crippen LogP contribution < -0.4 is 5.32 Å². The number of rotatable bonds is 5. The van der Waals surface area contributed by atoms with E-state index in [0.29, 0.717) is 0 Å². The zero-order chi connectivity index (χ0) is 22.8. The summed E-state index contributed by atoms with van der Waals surface area (Å²) in [5.74, 6) is -2.27. The first-order valence-electron chi connectivity index (χ1n) is 10.3.